The number of amides is 1. The van der Waals surface area contributed by atoms with E-state index in [9.17, 15) is 28.2 Å². The van der Waals surface area contributed by atoms with E-state index in [0.717, 1.165) is 42.8 Å². The first kappa shape index (κ1) is 29.7. The van der Waals surface area contributed by atoms with Crippen LogP contribution in [0.2, 0.25) is 0 Å². The summed E-state index contributed by atoms with van der Waals surface area (Å²) in [6, 6.07) is 17.6. The smallest absolute Gasteiger partial charge is 0.416 e. The van der Waals surface area contributed by atoms with Crippen molar-refractivity contribution in [3.05, 3.63) is 94.5 Å². The van der Waals surface area contributed by atoms with E-state index in [1.54, 1.807) is 18.0 Å². The number of hydrogen-bond donors (Lipinski definition) is 2. The fourth-order valence-electron chi connectivity index (χ4n) is 8.91. The van der Waals surface area contributed by atoms with Gasteiger partial charge in [0.2, 0.25) is 0 Å². The van der Waals surface area contributed by atoms with Crippen molar-refractivity contribution in [1.29, 1.82) is 0 Å². The Bertz CT molecular complexity index is 1720. The quantitative estimate of drug-likeness (QED) is 0.401. The normalized spacial score (nSPS) is 29.6. The standard InChI is InChI=1S/C36H35F3N2O4/c1-33-28(40(2)30(43)15-10-24-8-12-26(13-9-24)36(37,38)39)16-18-35(44)29-22-25-11-14-27(42)32(45-33)31(25)34(33,35)19-21-41(29)20-17-23-6-4-3-5-7-23/h3-9,11-14,28-29,42,44H,16-22H2,1-2H3/t28-,29+,33-,34-,35+/m0/s1. The van der Waals surface area contributed by atoms with Crippen LogP contribution in [0.4, 0.5) is 13.2 Å². The number of hydrogen-bond acceptors (Lipinski definition) is 5. The molecule has 45 heavy (non-hydrogen) atoms. The molecule has 2 heterocycles. The summed E-state index contributed by atoms with van der Waals surface area (Å²) in [7, 11) is 1.66. The van der Waals surface area contributed by atoms with Crippen LogP contribution in [0.5, 0.6) is 11.5 Å². The SMILES string of the molecule is CN(C(=O)C#Cc1ccc(C(F)(F)F)cc1)[C@H]1CC[C@@]2(O)[C@H]3Cc4ccc(O)c5c4[C@@]2(CCN3CCc2ccccc2)[C@@]1(C)O5. The number of nitrogens with zero attached hydrogens (tertiary/aromatic N) is 2. The first-order chi connectivity index (χ1) is 21.4. The van der Waals surface area contributed by atoms with Gasteiger partial charge in [0.15, 0.2) is 11.5 Å². The van der Waals surface area contributed by atoms with E-state index >= 15 is 0 Å². The number of aliphatic hydroxyl groups is 1. The number of carbonyl (C=O) groups excluding carboxylic acids is 1. The van der Waals surface area contributed by atoms with Crippen LogP contribution in [0.15, 0.2) is 66.7 Å². The molecule has 2 fully saturated rings. The predicted octanol–water partition coefficient (Wildman–Crippen LogP) is 5.08. The fraction of sp³-hybridized carbons (Fsp3) is 0.417. The zero-order valence-electron chi connectivity index (χ0n) is 25.2. The van der Waals surface area contributed by atoms with Gasteiger partial charge in [-0.25, -0.2) is 0 Å². The fourth-order valence-corrected chi connectivity index (χ4v) is 8.91. The molecule has 3 aromatic rings. The third-order valence-electron chi connectivity index (χ3n) is 11.0. The summed E-state index contributed by atoms with van der Waals surface area (Å²) < 4.78 is 45.7. The van der Waals surface area contributed by atoms with Crippen molar-refractivity contribution in [3.63, 3.8) is 0 Å². The molecule has 234 valence electrons. The van der Waals surface area contributed by atoms with Crippen LogP contribution in [0.25, 0.3) is 0 Å². The van der Waals surface area contributed by atoms with Crippen LogP contribution in [0, 0.1) is 11.8 Å². The van der Waals surface area contributed by atoms with Crippen molar-refractivity contribution >= 4 is 5.91 Å². The number of alkyl halides is 3. The predicted molar refractivity (Wildman–Crippen MR) is 162 cm³/mol. The molecule has 3 aromatic carbocycles. The second kappa shape index (κ2) is 10.3. The maximum absolute atomic E-state index is 13.5. The number of likely N-dealkylation sites (tertiary alicyclic amines) is 1. The molecule has 2 aliphatic heterocycles. The molecule has 4 aliphatic rings. The van der Waals surface area contributed by atoms with Gasteiger partial charge in [0.1, 0.15) is 5.60 Å². The maximum atomic E-state index is 13.5. The average molecular weight is 617 g/mol. The Labute approximate surface area is 260 Å². The molecule has 0 radical (unpaired) electrons. The van der Waals surface area contributed by atoms with Gasteiger partial charge >= 0.3 is 6.18 Å². The average Bonchev–Trinajstić information content (AvgIpc) is 3.30. The van der Waals surface area contributed by atoms with E-state index in [0.29, 0.717) is 37.0 Å². The Morgan fingerprint density at radius 1 is 1.09 bits per heavy atom. The minimum Gasteiger partial charge on any atom is -0.504 e. The largest absolute Gasteiger partial charge is 0.504 e. The topological polar surface area (TPSA) is 73.2 Å². The van der Waals surface area contributed by atoms with Gasteiger partial charge in [0.05, 0.1) is 22.6 Å². The number of piperidine rings is 1. The van der Waals surface area contributed by atoms with Crippen molar-refractivity contribution in [1.82, 2.24) is 9.80 Å². The van der Waals surface area contributed by atoms with Crippen LogP contribution in [-0.2, 0) is 29.2 Å². The molecule has 1 amide bonds. The third-order valence-corrected chi connectivity index (χ3v) is 11.0. The highest BCUT2D eigenvalue weighted by atomic mass is 19.4. The number of aromatic hydroxyl groups is 1. The minimum atomic E-state index is -4.46. The van der Waals surface area contributed by atoms with Crippen molar-refractivity contribution in [2.45, 2.75) is 73.9 Å². The van der Waals surface area contributed by atoms with E-state index in [1.165, 1.54) is 17.7 Å². The molecule has 2 bridgehead atoms. The molecule has 7 rings (SSSR count). The highest BCUT2D eigenvalue weighted by molar-refractivity contribution is 5.94. The lowest BCUT2D eigenvalue weighted by Gasteiger charge is -2.67. The summed E-state index contributed by atoms with van der Waals surface area (Å²) >= 11 is 0. The zero-order valence-corrected chi connectivity index (χ0v) is 25.2. The van der Waals surface area contributed by atoms with Gasteiger partial charge in [-0.05, 0) is 87.0 Å². The molecule has 0 unspecified atom stereocenters. The summed E-state index contributed by atoms with van der Waals surface area (Å²) in [6.45, 7) is 3.47. The highest BCUT2D eigenvalue weighted by Crippen LogP contribution is 2.69. The highest BCUT2D eigenvalue weighted by Gasteiger charge is 2.78. The molecular formula is C36H35F3N2O4. The molecule has 2 N–H and O–H groups in total. The monoisotopic (exact) mass is 616 g/mol. The number of likely N-dealkylation sites (N-methyl/N-ethyl adjacent to an activating group) is 1. The third kappa shape index (κ3) is 4.29. The molecule has 2 aliphatic carbocycles. The van der Waals surface area contributed by atoms with Gasteiger partial charge in [0.25, 0.3) is 5.91 Å². The molecule has 9 heteroatoms. The number of benzene rings is 3. The second-order valence-corrected chi connectivity index (χ2v) is 13.0. The molecular weight excluding hydrogens is 581 g/mol. The lowest BCUT2D eigenvalue weighted by molar-refractivity contribution is -0.228. The summed E-state index contributed by atoms with van der Waals surface area (Å²) in [6.07, 6.45) is -1.49. The van der Waals surface area contributed by atoms with E-state index in [-0.39, 0.29) is 11.8 Å². The number of phenolic OH excluding ortho intramolecular Hbond substituents is 1. The van der Waals surface area contributed by atoms with E-state index in [4.69, 9.17) is 4.74 Å². The molecule has 5 atom stereocenters. The first-order valence-electron chi connectivity index (χ1n) is 15.4. The van der Waals surface area contributed by atoms with Gasteiger partial charge in [-0.1, -0.05) is 42.3 Å². The number of rotatable bonds is 4. The molecule has 6 nitrogen and oxygen atoms in total. The molecule has 1 spiro atoms. The Morgan fingerprint density at radius 3 is 2.53 bits per heavy atom. The lowest BCUT2D eigenvalue weighted by Crippen LogP contribution is -2.82. The number of halogens is 3. The van der Waals surface area contributed by atoms with Crippen LogP contribution in [-0.4, -0.2) is 69.3 Å². The van der Waals surface area contributed by atoms with Gasteiger partial charge in [-0.3, -0.25) is 9.69 Å². The van der Waals surface area contributed by atoms with Gasteiger partial charge < -0.3 is 19.8 Å². The van der Waals surface area contributed by atoms with Crippen LogP contribution in [0.1, 0.15) is 54.0 Å². The van der Waals surface area contributed by atoms with Crippen LogP contribution >= 0.6 is 0 Å². The van der Waals surface area contributed by atoms with Gasteiger partial charge in [-0.2, -0.15) is 13.2 Å². The molecule has 1 saturated heterocycles. The van der Waals surface area contributed by atoms with Gasteiger partial charge in [-0.15, -0.1) is 0 Å². The lowest BCUT2D eigenvalue weighted by atomic mass is 9.44. The number of carbonyl (C=O) groups is 1. The van der Waals surface area contributed by atoms with E-state index in [1.807, 2.05) is 31.2 Å². The summed E-state index contributed by atoms with van der Waals surface area (Å²) in [5.74, 6) is 5.21. The molecule has 1 saturated carbocycles. The van der Waals surface area contributed by atoms with Crippen molar-refractivity contribution in [3.8, 4) is 23.3 Å². The van der Waals surface area contributed by atoms with Crippen molar-refractivity contribution in [2.24, 2.45) is 0 Å². The number of ether oxygens (including phenoxy) is 1. The summed E-state index contributed by atoms with van der Waals surface area (Å²) in [5.41, 5.74) is -0.442. The zero-order chi connectivity index (χ0) is 31.8. The Morgan fingerprint density at radius 2 is 1.82 bits per heavy atom. The first-order valence-corrected chi connectivity index (χ1v) is 15.4. The summed E-state index contributed by atoms with van der Waals surface area (Å²) in [4.78, 5) is 17.4. The molecule has 0 aromatic heterocycles. The van der Waals surface area contributed by atoms with Crippen molar-refractivity contribution < 1.29 is 32.9 Å². The van der Waals surface area contributed by atoms with Crippen molar-refractivity contribution in [2.75, 3.05) is 20.1 Å². The Kier molecular flexibility index (Phi) is 6.77. The summed E-state index contributed by atoms with van der Waals surface area (Å²) in [5, 5.41) is 23.9. The van der Waals surface area contributed by atoms with E-state index in [2.05, 4.69) is 28.9 Å². The van der Waals surface area contributed by atoms with E-state index < -0.39 is 40.3 Å². The Balaban J connectivity index is 1.21. The number of phenols is 1. The minimum absolute atomic E-state index is 0.0147. The Hall–Kier alpha value is -4.00. The van der Waals surface area contributed by atoms with Crippen LogP contribution in [0.3, 0.4) is 0 Å². The maximum Gasteiger partial charge on any atom is 0.416 e. The second-order valence-electron chi connectivity index (χ2n) is 13.0. The van der Waals surface area contributed by atoms with Crippen LogP contribution < -0.4 is 4.74 Å². The van der Waals surface area contributed by atoms with Gasteiger partial charge in [0, 0.05) is 36.7 Å².